The quantitative estimate of drug-likeness (QED) is 0.812. The van der Waals surface area contributed by atoms with Crippen molar-refractivity contribution < 1.29 is 17.9 Å². The minimum Gasteiger partial charge on any atom is -0.445 e. The van der Waals surface area contributed by atoms with E-state index < -0.39 is 16.1 Å². The van der Waals surface area contributed by atoms with Crippen molar-refractivity contribution in [3.05, 3.63) is 70.2 Å². The third-order valence-electron chi connectivity index (χ3n) is 3.02. The summed E-state index contributed by atoms with van der Waals surface area (Å²) in [5.41, 5.74) is 1.86. The second-order valence-electron chi connectivity index (χ2n) is 4.97. The third kappa shape index (κ3) is 5.50. The Labute approximate surface area is 149 Å². The van der Waals surface area contributed by atoms with E-state index in [2.05, 4.69) is 15.9 Å². The molecular formula is C17H16BrNO4S. The van der Waals surface area contributed by atoms with E-state index >= 15 is 0 Å². The average Bonchev–Trinajstić information content (AvgIpc) is 2.52. The van der Waals surface area contributed by atoms with E-state index in [1.54, 1.807) is 24.3 Å². The van der Waals surface area contributed by atoms with Crippen molar-refractivity contribution in [2.24, 2.45) is 0 Å². The van der Waals surface area contributed by atoms with Crippen molar-refractivity contribution in [3.63, 3.8) is 0 Å². The molecule has 0 heterocycles. The zero-order valence-electron chi connectivity index (χ0n) is 12.9. The maximum Gasteiger partial charge on any atom is 0.421 e. The van der Waals surface area contributed by atoms with Gasteiger partial charge in [0, 0.05) is 4.47 Å². The van der Waals surface area contributed by atoms with E-state index in [9.17, 15) is 13.2 Å². The average molecular weight is 410 g/mol. The Morgan fingerprint density at radius 2 is 1.92 bits per heavy atom. The fourth-order valence-electron chi connectivity index (χ4n) is 1.83. The van der Waals surface area contributed by atoms with Crippen LogP contribution in [0.3, 0.4) is 0 Å². The summed E-state index contributed by atoms with van der Waals surface area (Å²) in [6, 6.07) is 13.7. The summed E-state index contributed by atoms with van der Waals surface area (Å²) < 4.78 is 31.7. The van der Waals surface area contributed by atoms with Gasteiger partial charge >= 0.3 is 6.09 Å². The molecular weight excluding hydrogens is 394 g/mol. The van der Waals surface area contributed by atoms with E-state index in [0.717, 1.165) is 15.6 Å². The Balaban J connectivity index is 1.87. The molecule has 2 aromatic rings. The Hall–Kier alpha value is -2.12. The molecule has 0 aliphatic carbocycles. The molecule has 24 heavy (non-hydrogen) atoms. The normalized spacial score (nSPS) is 11.4. The smallest absolute Gasteiger partial charge is 0.421 e. The van der Waals surface area contributed by atoms with E-state index in [-0.39, 0.29) is 11.5 Å². The first kappa shape index (κ1) is 18.2. The van der Waals surface area contributed by atoms with Crippen LogP contribution in [0.5, 0.6) is 0 Å². The van der Waals surface area contributed by atoms with Gasteiger partial charge in [-0.05, 0) is 42.8 Å². The van der Waals surface area contributed by atoms with Crippen LogP contribution in [0.4, 0.5) is 4.79 Å². The fourth-order valence-corrected chi connectivity index (χ4v) is 3.14. The summed E-state index contributed by atoms with van der Waals surface area (Å²) in [5, 5.41) is 0. The number of nitrogens with one attached hydrogen (secondary N) is 1. The molecule has 0 aliphatic rings. The Bertz CT molecular complexity index is 845. The van der Waals surface area contributed by atoms with Crippen LogP contribution >= 0.6 is 15.9 Å². The van der Waals surface area contributed by atoms with Crippen molar-refractivity contribution in [1.29, 1.82) is 0 Å². The molecule has 2 rings (SSSR count). The number of rotatable bonds is 5. The molecule has 0 fully saturated rings. The summed E-state index contributed by atoms with van der Waals surface area (Å²) in [7, 11) is -3.93. The van der Waals surface area contributed by atoms with Crippen LogP contribution in [0.25, 0.3) is 6.08 Å². The first-order chi connectivity index (χ1) is 11.4. The zero-order valence-corrected chi connectivity index (χ0v) is 15.3. The molecule has 0 aromatic heterocycles. The molecule has 0 saturated heterocycles. The lowest BCUT2D eigenvalue weighted by Crippen LogP contribution is -2.31. The van der Waals surface area contributed by atoms with Crippen molar-refractivity contribution in [3.8, 4) is 0 Å². The van der Waals surface area contributed by atoms with Crippen LogP contribution in [-0.4, -0.2) is 21.1 Å². The number of aryl methyl sites for hydroxylation is 1. The SMILES string of the molecule is Cc1ccc(S(=O)(=O)NC(=O)OC/C=C/c2cccc(Br)c2)cc1. The second-order valence-corrected chi connectivity index (χ2v) is 7.57. The van der Waals surface area contributed by atoms with Crippen LogP contribution < -0.4 is 4.72 Å². The summed E-state index contributed by atoms with van der Waals surface area (Å²) in [6.07, 6.45) is 2.38. The van der Waals surface area contributed by atoms with E-state index in [0.29, 0.717) is 0 Å². The largest absolute Gasteiger partial charge is 0.445 e. The standard InChI is InChI=1S/C17H16BrNO4S/c1-13-7-9-16(10-8-13)24(21,22)19-17(20)23-11-3-5-14-4-2-6-15(18)12-14/h2-10,12H,11H2,1H3,(H,19,20)/b5-3+. The van der Waals surface area contributed by atoms with Gasteiger partial charge in [0.05, 0.1) is 4.90 Å². The number of halogens is 1. The van der Waals surface area contributed by atoms with Crippen molar-refractivity contribution in [2.75, 3.05) is 6.61 Å². The first-order valence-electron chi connectivity index (χ1n) is 7.05. The number of hydrogen-bond acceptors (Lipinski definition) is 4. The van der Waals surface area contributed by atoms with E-state index in [1.807, 2.05) is 35.9 Å². The predicted octanol–water partition coefficient (Wildman–Crippen LogP) is 3.89. The number of hydrogen-bond donors (Lipinski definition) is 1. The van der Waals surface area contributed by atoms with Crippen LogP contribution in [0.1, 0.15) is 11.1 Å². The number of amides is 1. The van der Waals surface area contributed by atoms with Crippen LogP contribution in [0.2, 0.25) is 0 Å². The van der Waals surface area contributed by atoms with Crippen LogP contribution in [0.15, 0.2) is 64.0 Å². The topological polar surface area (TPSA) is 72.5 Å². The van der Waals surface area contributed by atoms with Gasteiger partial charge in [0.2, 0.25) is 0 Å². The molecule has 7 heteroatoms. The highest BCUT2D eigenvalue weighted by atomic mass is 79.9. The minimum atomic E-state index is -3.93. The molecule has 1 N–H and O–H groups in total. The van der Waals surface area contributed by atoms with E-state index in [1.165, 1.54) is 12.1 Å². The summed E-state index contributed by atoms with van der Waals surface area (Å²) in [5.74, 6) is 0. The van der Waals surface area contributed by atoms with Gasteiger partial charge in [-0.15, -0.1) is 0 Å². The lowest BCUT2D eigenvalue weighted by molar-refractivity contribution is 0.165. The Morgan fingerprint density at radius 3 is 2.58 bits per heavy atom. The molecule has 0 radical (unpaired) electrons. The molecule has 0 unspecified atom stereocenters. The van der Waals surface area contributed by atoms with Gasteiger partial charge in [0.1, 0.15) is 6.61 Å². The maximum absolute atomic E-state index is 12.0. The highest BCUT2D eigenvalue weighted by Crippen LogP contribution is 2.13. The molecule has 126 valence electrons. The molecule has 0 aliphatic heterocycles. The van der Waals surface area contributed by atoms with Gasteiger partial charge in [0.15, 0.2) is 0 Å². The Morgan fingerprint density at radius 1 is 1.21 bits per heavy atom. The third-order valence-corrected chi connectivity index (χ3v) is 4.84. The highest BCUT2D eigenvalue weighted by molar-refractivity contribution is 9.10. The molecule has 5 nitrogen and oxygen atoms in total. The molecule has 0 bridgehead atoms. The van der Waals surface area contributed by atoms with Gasteiger partial charge in [-0.25, -0.2) is 17.9 Å². The number of carbonyl (C=O) groups excluding carboxylic acids is 1. The van der Waals surface area contributed by atoms with Crippen molar-refractivity contribution in [2.45, 2.75) is 11.8 Å². The second kappa shape index (κ2) is 8.12. The molecule has 0 atom stereocenters. The summed E-state index contributed by atoms with van der Waals surface area (Å²) >= 11 is 3.36. The number of ether oxygens (including phenoxy) is 1. The van der Waals surface area contributed by atoms with Crippen LogP contribution in [0, 0.1) is 6.92 Å². The maximum atomic E-state index is 12.0. The summed E-state index contributed by atoms with van der Waals surface area (Å²) in [6.45, 7) is 1.80. The van der Waals surface area contributed by atoms with Crippen molar-refractivity contribution in [1.82, 2.24) is 4.72 Å². The van der Waals surface area contributed by atoms with Gasteiger partial charge in [-0.2, -0.15) is 0 Å². The lowest BCUT2D eigenvalue weighted by atomic mass is 10.2. The molecule has 0 saturated carbocycles. The van der Waals surface area contributed by atoms with Gasteiger partial charge in [0.25, 0.3) is 10.0 Å². The number of carbonyl (C=O) groups is 1. The predicted molar refractivity (Wildman–Crippen MR) is 96.0 cm³/mol. The van der Waals surface area contributed by atoms with Gasteiger partial charge in [-0.3, -0.25) is 0 Å². The first-order valence-corrected chi connectivity index (χ1v) is 9.33. The monoisotopic (exact) mass is 409 g/mol. The van der Waals surface area contributed by atoms with Crippen molar-refractivity contribution >= 4 is 38.1 Å². The van der Waals surface area contributed by atoms with Gasteiger partial charge < -0.3 is 4.74 Å². The van der Waals surface area contributed by atoms with Crippen LogP contribution in [-0.2, 0) is 14.8 Å². The molecule has 1 amide bonds. The molecule has 0 spiro atoms. The fraction of sp³-hybridized carbons (Fsp3) is 0.118. The minimum absolute atomic E-state index is 0.00901. The zero-order chi connectivity index (χ0) is 17.6. The van der Waals surface area contributed by atoms with E-state index in [4.69, 9.17) is 4.74 Å². The lowest BCUT2D eigenvalue weighted by Gasteiger charge is -2.07. The van der Waals surface area contributed by atoms with Gasteiger partial charge in [-0.1, -0.05) is 51.8 Å². The number of benzene rings is 2. The highest BCUT2D eigenvalue weighted by Gasteiger charge is 2.17. The number of sulfonamides is 1. The molecule has 2 aromatic carbocycles. The Kier molecular flexibility index (Phi) is 6.16. The summed E-state index contributed by atoms with van der Waals surface area (Å²) in [4.78, 5) is 11.6.